The molecule has 2 heterocycles. The summed E-state index contributed by atoms with van der Waals surface area (Å²) < 4.78 is 5.29. The molecule has 0 aliphatic carbocycles. The normalized spacial score (nSPS) is 17.4. The quantitative estimate of drug-likeness (QED) is 0.804. The van der Waals surface area contributed by atoms with Crippen LogP contribution in [0.25, 0.3) is 10.9 Å². The summed E-state index contributed by atoms with van der Waals surface area (Å²) in [5.41, 5.74) is 1.86. The lowest BCUT2D eigenvalue weighted by Crippen LogP contribution is -2.23. The molecule has 1 aliphatic rings. The van der Waals surface area contributed by atoms with Gasteiger partial charge in [-0.05, 0) is 18.9 Å². The third-order valence-electron chi connectivity index (χ3n) is 3.45. The van der Waals surface area contributed by atoms with E-state index in [0.29, 0.717) is 13.2 Å². The molecule has 1 aliphatic heterocycles. The number of nitrogens with one attached hydrogen (secondary N) is 1. The van der Waals surface area contributed by atoms with Gasteiger partial charge in [0.05, 0.1) is 0 Å². The van der Waals surface area contributed by atoms with Crippen LogP contribution in [0.5, 0.6) is 0 Å². The molecule has 3 heteroatoms. The number of aromatic nitrogens is 1. The topological polar surface area (TPSA) is 42.1 Å². The number of para-hydroxylation sites is 1. The van der Waals surface area contributed by atoms with Crippen molar-refractivity contribution in [1.29, 1.82) is 0 Å². The molecule has 88 valence electrons. The predicted molar refractivity (Wildman–Crippen MR) is 66.2 cm³/mol. The Balaban J connectivity index is 1.95. The van der Waals surface area contributed by atoms with E-state index < -0.39 is 0 Å². The molecule has 0 radical (unpaired) electrons. The summed E-state index contributed by atoms with van der Waals surface area (Å²) in [4.78, 5) is 15.6. The summed E-state index contributed by atoms with van der Waals surface area (Å²) in [5.74, 6) is 0.383. The number of ketones is 1. The minimum Gasteiger partial charge on any atom is -0.381 e. The molecule has 1 aromatic heterocycles. The van der Waals surface area contributed by atoms with Crippen LogP contribution in [0.3, 0.4) is 0 Å². The predicted octanol–water partition coefficient (Wildman–Crippen LogP) is 2.78. The van der Waals surface area contributed by atoms with Gasteiger partial charge in [-0.2, -0.15) is 0 Å². The summed E-state index contributed by atoms with van der Waals surface area (Å²) in [6, 6.07) is 7.94. The van der Waals surface area contributed by atoms with Crippen molar-refractivity contribution < 1.29 is 9.53 Å². The van der Waals surface area contributed by atoms with Crippen LogP contribution in [-0.2, 0) is 4.74 Å². The summed E-state index contributed by atoms with van der Waals surface area (Å²) in [7, 11) is 0. The third kappa shape index (κ3) is 1.87. The molecule has 0 saturated carbocycles. The lowest BCUT2D eigenvalue weighted by Gasteiger charge is -2.20. The standard InChI is InChI=1S/C14H15NO2/c16-14(10-5-7-17-8-6-10)12-9-15-13-4-2-1-3-11(12)13/h1-4,9-10,15H,5-8H2. The molecule has 1 fully saturated rings. The van der Waals surface area contributed by atoms with Crippen LogP contribution in [-0.4, -0.2) is 24.0 Å². The van der Waals surface area contributed by atoms with Gasteiger partial charge in [-0.1, -0.05) is 18.2 Å². The average molecular weight is 229 g/mol. The maximum Gasteiger partial charge on any atom is 0.168 e. The summed E-state index contributed by atoms with van der Waals surface area (Å²) in [6.45, 7) is 1.41. The summed E-state index contributed by atoms with van der Waals surface area (Å²) in [5, 5.41) is 1.03. The lowest BCUT2D eigenvalue weighted by molar-refractivity contribution is 0.0546. The van der Waals surface area contributed by atoms with Crippen molar-refractivity contribution in [3.05, 3.63) is 36.0 Å². The zero-order chi connectivity index (χ0) is 11.7. The zero-order valence-electron chi connectivity index (χ0n) is 9.61. The highest BCUT2D eigenvalue weighted by atomic mass is 16.5. The number of fused-ring (bicyclic) bond motifs is 1. The van der Waals surface area contributed by atoms with Crippen molar-refractivity contribution in [2.75, 3.05) is 13.2 Å². The molecular formula is C14H15NO2. The fourth-order valence-electron chi connectivity index (χ4n) is 2.46. The van der Waals surface area contributed by atoms with E-state index in [1.54, 1.807) is 0 Å². The van der Waals surface area contributed by atoms with Crippen LogP contribution in [0.2, 0.25) is 0 Å². The van der Waals surface area contributed by atoms with Gasteiger partial charge in [0.15, 0.2) is 5.78 Å². The first kappa shape index (κ1) is 10.5. The van der Waals surface area contributed by atoms with Gasteiger partial charge < -0.3 is 9.72 Å². The first-order valence-corrected chi connectivity index (χ1v) is 6.04. The number of Topliss-reactive ketones (excluding diaryl/α,β-unsaturated/α-hetero) is 1. The Morgan fingerprint density at radius 3 is 2.82 bits per heavy atom. The molecule has 17 heavy (non-hydrogen) atoms. The van der Waals surface area contributed by atoms with E-state index in [9.17, 15) is 4.79 Å². The van der Waals surface area contributed by atoms with Gasteiger partial charge >= 0.3 is 0 Å². The Morgan fingerprint density at radius 2 is 2.00 bits per heavy atom. The van der Waals surface area contributed by atoms with Crippen molar-refractivity contribution in [1.82, 2.24) is 4.98 Å². The molecule has 3 rings (SSSR count). The number of H-pyrrole nitrogens is 1. The van der Waals surface area contributed by atoms with E-state index >= 15 is 0 Å². The Labute approximate surface area is 99.8 Å². The van der Waals surface area contributed by atoms with Gasteiger partial charge in [0.25, 0.3) is 0 Å². The minimum absolute atomic E-state index is 0.128. The molecule has 1 aromatic carbocycles. The van der Waals surface area contributed by atoms with E-state index in [4.69, 9.17) is 4.74 Å². The van der Waals surface area contributed by atoms with Crippen molar-refractivity contribution in [3.63, 3.8) is 0 Å². The Kier molecular flexibility index (Phi) is 2.69. The van der Waals surface area contributed by atoms with Crippen LogP contribution in [0.1, 0.15) is 23.2 Å². The number of rotatable bonds is 2. The number of carbonyl (C=O) groups is 1. The van der Waals surface area contributed by atoms with Gasteiger partial charge in [-0.25, -0.2) is 0 Å². The molecule has 0 unspecified atom stereocenters. The highest BCUT2D eigenvalue weighted by molar-refractivity contribution is 6.08. The molecule has 2 aromatic rings. The van der Waals surface area contributed by atoms with Crippen molar-refractivity contribution >= 4 is 16.7 Å². The number of ether oxygens (including phenoxy) is 1. The second-order valence-corrected chi connectivity index (χ2v) is 4.50. The average Bonchev–Trinajstić information content (AvgIpc) is 2.83. The summed E-state index contributed by atoms with van der Waals surface area (Å²) in [6.07, 6.45) is 3.53. The van der Waals surface area contributed by atoms with E-state index in [1.165, 1.54) is 0 Å². The maximum absolute atomic E-state index is 12.4. The van der Waals surface area contributed by atoms with Gasteiger partial charge in [0, 0.05) is 41.8 Å². The van der Waals surface area contributed by atoms with Crippen molar-refractivity contribution in [2.45, 2.75) is 12.8 Å². The Morgan fingerprint density at radius 1 is 1.24 bits per heavy atom. The number of hydrogen-bond acceptors (Lipinski definition) is 2. The highest BCUT2D eigenvalue weighted by Gasteiger charge is 2.24. The van der Waals surface area contributed by atoms with E-state index in [-0.39, 0.29) is 11.7 Å². The molecule has 0 bridgehead atoms. The van der Waals surface area contributed by atoms with Crippen molar-refractivity contribution in [2.24, 2.45) is 5.92 Å². The molecular weight excluding hydrogens is 214 g/mol. The molecule has 0 atom stereocenters. The van der Waals surface area contributed by atoms with Crippen LogP contribution in [0.15, 0.2) is 30.5 Å². The van der Waals surface area contributed by atoms with Gasteiger partial charge in [-0.15, -0.1) is 0 Å². The van der Waals surface area contributed by atoms with Crippen LogP contribution < -0.4 is 0 Å². The number of aromatic amines is 1. The number of benzene rings is 1. The third-order valence-corrected chi connectivity index (χ3v) is 3.45. The van der Waals surface area contributed by atoms with Crippen molar-refractivity contribution in [3.8, 4) is 0 Å². The highest BCUT2D eigenvalue weighted by Crippen LogP contribution is 2.25. The molecule has 1 N–H and O–H groups in total. The van der Waals surface area contributed by atoms with Crippen LogP contribution >= 0.6 is 0 Å². The maximum atomic E-state index is 12.4. The van der Waals surface area contributed by atoms with E-state index in [0.717, 1.165) is 29.3 Å². The fraction of sp³-hybridized carbons (Fsp3) is 0.357. The minimum atomic E-state index is 0.128. The van der Waals surface area contributed by atoms with Gasteiger partial charge in [0.2, 0.25) is 0 Å². The first-order valence-electron chi connectivity index (χ1n) is 6.04. The zero-order valence-corrected chi connectivity index (χ0v) is 9.61. The van der Waals surface area contributed by atoms with Crippen LogP contribution in [0.4, 0.5) is 0 Å². The molecule has 0 amide bonds. The van der Waals surface area contributed by atoms with E-state index in [1.807, 2.05) is 30.5 Å². The molecule has 3 nitrogen and oxygen atoms in total. The monoisotopic (exact) mass is 229 g/mol. The summed E-state index contributed by atoms with van der Waals surface area (Å²) >= 11 is 0. The van der Waals surface area contributed by atoms with Gasteiger partial charge in [-0.3, -0.25) is 4.79 Å². The Hall–Kier alpha value is -1.61. The van der Waals surface area contributed by atoms with Crippen LogP contribution in [0, 0.1) is 5.92 Å². The first-order chi connectivity index (χ1) is 8.36. The largest absolute Gasteiger partial charge is 0.381 e. The molecule has 1 saturated heterocycles. The Bertz CT molecular complexity index is 538. The fourth-order valence-corrected chi connectivity index (χ4v) is 2.46. The molecule has 0 spiro atoms. The second kappa shape index (κ2) is 4.34. The second-order valence-electron chi connectivity index (χ2n) is 4.50. The lowest BCUT2D eigenvalue weighted by atomic mass is 9.91. The smallest absolute Gasteiger partial charge is 0.168 e. The van der Waals surface area contributed by atoms with Gasteiger partial charge in [0.1, 0.15) is 0 Å². The SMILES string of the molecule is O=C(c1c[nH]c2ccccc12)C1CCOCC1. The number of hydrogen-bond donors (Lipinski definition) is 1. The number of carbonyl (C=O) groups excluding carboxylic acids is 1. The van der Waals surface area contributed by atoms with E-state index in [2.05, 4.69) is 4.98 Å².